The van der Waals surface area contributed by atoms with Gasteiger partial charge in [0.2, 0.25) is 0 Å². The van der Waals surface area contributed by atoms with Crippen LogP contribution in [0.5, 0.6) is 0 Å². The molecule has 0 bridgehead atoms. The number of nitrogens with zero attached hydrogens (tertiary/aromatic N) is 4. The van der Waals surface area contributed by atoms with Crippen LogP contribution in [0.3, 0.4) is 0 Å². The van der Waals surface area contributed by atoms with E-state index in [4.69, 9.17) is 0 Å². The fraction of sp³-hybridized carbons (Fsp3) is 0.400. The van der Waals surface area contributed by atoms with Gasteiger partial charge in [-0.2, -0.15) is 0 Å². The Labute approximate surface area is 168 Å². The Balaban J connectivity index is 1.83. The Morgan fingerprint density at radius 2 is 1.96 bits per heavy atom. The molecule has 0 atom stereocenters. The van der Waals surface area contributed by atoms with Crippen LogP contribution in [-0.2, 0) is 0 Å². The van der Waals surface area contributed by atoms with Crippen LogP contribution in [0.4, 0.5) is 11.5 Å². The third kappa shape index (κ3) is 4.63. The van der Waals surface area contributed by atoms with Gasteiger partial charge in [-0.1, -0.05) is 26.0 Å². The number of anilines is 1. The monoisotopic (exact) mass is 399 g/mol. The second-order valence-electron chi connectivity index (χ2n) is 6.46. The number of thiophene rings is 1. The molecule has 0 radical (unpaired) electrons. The lowest BCUT2D eigenvalue weighted by atomic mass is 10.2. The van der Waals surface area contributed by atoms with Gasteiger partial charge >= 0.3 is 0 Å². The number of nitro benzene ring substituents is 1. The second kappa shape index (κ2) is 9.57. The van der Waals surface area contributed by atoms with E-state index < -0.39 is 4.92 Å². The van der Waals surface area contributed by atoms with Gasteiger partial charge in [0.25, 0.3) is 5.69 Å². The quantitative estimate of drug-likeness (QED) is 0.299. The van der Waals surface area contributed by atoms with Crippen molar-refractivity contribution >= 4 is 33.9 Å². The molecule has 0 fully saturated rings. The van der Waals surface area contributed by atoms with Crippen LogP contribution >= 0.6 is 11.3 Å². The summed E-state index contributed by atoms with van der Waals surface area (Å²) in [6, 6.07) is 8.83. The summed E-state index contributed by atoms with van der Waals surface area (Å²) >= 11 is 1.58. The van der Waals surface area contributed by atoms with Gasteiger partial charge in [-0.3, -0.25) is 10.1 Å². The molecule has 0 aliphatic heterocycles. The zero-order valence-electron chi connectivity index (χ0n) is 16.2. The van der Waals surface area contributed by atoms with Crippen LogP contribution < -0.4 is 5.32 Å². The van der Waals surface area contributed by atoms with E-state index in [2.05, 4.69) is 34.0 Å². The molecule has 28 heavy (non-hydrogen) atoms. The number of rotatable bonds is 10. The molecule has 1 N–H and O–H groups in total. The van der Waals surface area contributed by atoms with Gasteiger partial charge in [0.1, 0.15) is 5.69 Å². The van der Waals surface area contributed by atoms with Crippen LogP contribution in [0.2, 0.25) is 0 Å². The third-order valence-corrected chi connectivity index (χ3v) is 5.59. The molecule has 8 heteroatoms. The molecular formula is C20H25N5O2S. The van der Waals surface area contributed by atoms with Crippen molar-refractivity contribution in [1.29, 1.82) is 0 Å². The van der Waals surface area contributed by atoms with Crippen LogP contribution in [0, 0.1) is 10.1 Å². The molecule has 3 aromatic rings. The highest BCUT2D eigenvalue weighted by molar-refractivity contribution is 7.13. The maximum absolute atomic E-state index is 11.4. The number of fused-ring (bicyclic) bond motifs is 1. The molecule has 0 aliphatic carbocycles. The summed E-state index contributed by atoms with van der Waals surface area (Å²) in [4.78, 5) is 23.6. The van der Waals surface area contributed by atoms with Crippen LogP contribution in [0.15, 0.2) is 35.7 Å². The molecule has 0 amide bonds. The lowest BCUT2D eigenvalue weighted by Gasteiger charge is -2.17. The Hall–Kier alpha value is -2.58. The highest BCUT2D eigenvalue weighted by Gasteiger charge is 2.18. The van der Waals surface area contributed by atoms with E-state index in [-0.39, 0.29) is 5.69 Å². The largest absolute Gasteiger partial charge is 0.368 e. The molecule has 1 aromatic carbocycles. The Bertz CT molecular complexity index is 926. The van der Waals surface area contributed by atoms with E-state index >= 15 is 0 Å². The molecule has 0 saturated heterocycles. The van der Waals surface area contributed by atoms with Gasteiger partial charge < -0.3 is 10.2 Å². The molecule has 0 aliphatic rings. The standard InChI is InChI=1S/C20H25N5O2S/c1-3-24(4-2)13-6-5-12-21-20-19(17-11-8-14-28-17)22-15-9-7-10-16(25(26)27)18(15)23-20/h7-11,14H,3-6,12-13H2,1-2H3,(H,21,23). The molecule has 3 rings (SSSR count). The molecule has 148 valence electrons. The Morgan fingerprint density at radius 1 is 1.14 bits per heavy atom. The predicted octanol–water partition coefficient (Wildman–Crippen LogP) is 4.80. The highest BCUT2D eigenvalue weighted by atomic mass is 32.1. The summed E-state index contributed by atoms with van der Waals surface area (Å²) in [6.45, 7) is 8.29. The van der Waals surface area contributed by atoms with E-state index in [9.17, 15) is 10.1 Å². The van der Waals surface area contributed by atoms with E-state index in [0.717, 1.165) is 49.6 Å². The smallest absolute Gasteiger partial charge is 0.297 e. The summed E-state index contributed by atoms with van der Waals surface area (Å²) in [7, 11) is 0. The maximum atomic E-state index is 11.4. The first kappa shape index (κ1) is 20.2. The molecule has 0 spiro atoms. The minimum Gasteiger partial charge on any atom is -0.368 e. The summed E-state index contributed by atoms with van der Waals surface area (Å²) < 4.78 is 0. The van der Waals surface area contributed by atoms with Gasteiger partial charge in [0.05, 0.1) is 15.3 Å². The second-order valence-corrected chi connectivity index (χ2v) is 7.41. The average molecular weight is 400 g/mol. The molecular weight excluding hydrogens is 374 g/mol. The highest BCUT2D eigenvalue weighted by Crippen LogP contribution is 2.32. The van der Waals surface area contributed by atoms with Crippen LogP contribution in [0.25, 0.3) is 21.6 Å². The van der Waals surface area contributed by atoms with Crippen molar-refractivity contribution in [3.05, 3.63) is 45.8 Å². The first-order valence-corrected chi connectivity index (χ1v) is 10.5. The van der Waals surface area contributed by atoms with E-state index in [1.165, 1.54) is 6.07 Å². The zero-order chi connectivity index (χ0) is 19.9. The number of hydrogen-bond acceptors (Lipinski definition) is 7. The SMILES string of the molecule is CCN(CC)CCCCNc1nc2c([N+](=O)[O-])cccc2nc1-c1cccs1. The number of hydrogen-bond donors (Lipinski definition) is 1. The lowest BCUT2D eigenvalue weighted by molar-refractivity contribution is -0.383. The van der Waals surface area contributed by atoms with Gasteiger partial charge in [-0.05, 0) is 50.0 Å². The number of nitro groups is 1. The van der Waals surface area contributed by atoms with E-state index in [0.29, 0.717) is 16.9 Å². The van der Waals surface area contributed by atoms with Crippen molar-refractivity contribution < 1.29 is 4.92 Å². The maximum Gasteiger partial charge on any atom is 0.297 e. The van der Waals surface area contributed by atoms with Crippen molar-refractivity contribution in [2.24, 2.45) is 0 Å². The summed E-state index contributed by atoms with van der Waals surface area (Å²) in [5.41, 5.74) is 1.57. The summed E-state index contributed by atoms with van der Waals surface area (Å²) in [5.74, 6) is 0.604. The van der Waals surface area contributed by atoms with E-state index in [1.807, 2.05) is 17.5 Å². The van der Waals surface area contributed by atoms with Gasteiger partial charge in [0, 0.05) is 12.6 Å². The topological polar surface area (TPSA) is 84.2 Å². The molecule has 0 unspecified atom stereocenters. The predicted molar refractivity (Wildman–Crippen MR) is 115 cm³/mol. The number of benzene rings is 1. The number of aromatic nitrogens is 2. The van der Waals surface area contributed by atoms with Crippen molar-refractivity contribution in [3.63, 3.8) is 0 Å². The first-order valence-electron chi connectivity index (χ1n) is 9.59. The first-order chi connectivity index (χ1) is 13.6. The number of non-ortho nitro benzene ring substituents is 1. The average Bonchev–Trinajstić information content (AvgIpc) is 3.24. The van der Waals surface area contributed by atoms with Gasteiger partial charge in [0.15, 0.2) is 11.3 Å². The van der Waals surface area contributed by atoms with Gasteiger partial charge in [-0.15, -0.1) is 11.3 Å². The van der Waals surface area contributed by atoms with Crippen molar-refractivity contribution in [2.45, 2.75) is 26.7 Å². The van der Waals surface area contributed by atoms with Gasteiger partial charge in [-0.25, -0.2) is 9.97 Å². The van der Waals surface area contributed by atoms with Crippen molar-refractivity contribution in [3.8, 4) is 10.6 Å². The Morgan fingerprint density at radius 3 is 2.64 bits per heavy atom. The minimum atomic E-state index is -0.407. The van der Waals surface area contributed by atoms with Crippen molar-refractivity contribution in [2.75, 3.05) is 31.5 Å². The van der Waals surface area contributed by atoms with Crippen LogP contribution in [-0.4, -0.2) is 46.0 Å². The normalized spacial score (nSPS) is 11.2. The van der Waals surface area contributed by atoms with E-state index in [1.54, 1.807) is 23.5 Å². The number of nitrogens with one attached hydrogen (secondary N) is 1. The fourth-order valence-corrected chi connectivity index (χ4v) is 3.84. The molecule has 0 saturated carbocycles. The summed E-state index contributed by atoms with van der Waals surface area (Å²) in [6.07, 6.45) is 2.08. The van der Waals surface area contributed by atoms with Crippen LogP contribution in [0.1, 0.15) is 26.7 Å². The Kier molecular flexibility index (Phi) is 6.89. The van der Waals surface area contributed by atoms with Crippen molar-refractivity contribution in [1.82, 2.24) is 14.9 Å². The number of unbranched alkanes of at least 4 members (excludes halogenated alkanes) is 1. The molecule has 7 nitrogen and oxygen atoms in total. The summed E-state index contributed by atoms with van der Waals surface area (Å²) in [5, 5.41) is 16.7. The molecule has 2 aromatic heterocycles. The third-order valence-electron chi connectivity index (χ3n) is 4.71. The number of para-hydroxylation sites is 1. The fourth-order valence-electron chi connectivity index (χ4n) is 3.13. The zero-order valence-corrected chi connectivity index (χ0v) is 17.0. The minimum absolute atomic E-state index is 0.0210. The lowest BCUT2D eigenvalue weighted by Crippen LogP contribution is -2.24. The molecule has 2 heterocycles.